The quantitative estimate of drug-likeness (QED) is 0.719. The average Bonchev–Trinajstić information content (AvgIpc) is 2.41. The van der Waals surface area contributed by atoms with Gasteiger partial charge in [-0.15, -0.1) is 0 Å². The van der Waals surface area contributed by atoms with Crippen LogP contribution in [0, 0.1) is 23.7 Å². The topological polar surface area (TPSA) is 12.0 Å². The first kappa shape index (κ1) is 15.8. The van der Waals surface area contributed by atoms with Crippen LogP contribution in [-0.2, 0) is 0 Å². The molecule has 0 aromatic heterocycles. The summed E-state index contributed by atoms with van der Waals surface area (Å²) in [5, 5.41) is 4.06. The minimum atomic E-state index is 0.462. The van der Waals surface area contributed by atoms with Crippen LogP contribution in [0.1, 0.15) is 90.9 Å². The van der Waals surface area contributed by atoms with E-state index in [2.05, 4.69) is 19.2 Å². The third kappa shape index (κ3) is 4.47. The molecule has 3 aliphatic carbocycles. The summed E-state index contributed by atoms with van der Waals surface area (Å²) in [6.45, 7) is 6.27. The zero-order valence-corrected chi connectivity index (χ0v) is 14.5. The summed E-state index contributed by atoms with van der Waals surface area (Å²) in [6, 6.07) is 0. The summed E-state index contributed by atoms with van der Waals surface area (Å²) in [4.78, 5) is 0. The third-order valence-electron chi connectivity index (χ3n) is 6.81. The Kier molecular flexibility index (Phi) is 5.30. The molecule has 3 saturated carbocycles. The van der Waals surface area contributed by atoms with Gasteiger partial charge in [0.25, 0.3) is 0 Å². The molecule has 3 rings (SSSR count). The van der Waals surface area contributed by atoms with Crippen molar-refractivity contribution < 1.29 is 0 Å². The van der Waals surface area contributed by atoms with Crippen molar-refractivity contribution in [1.29, 1.82) is 0 Å². The second-order valence-corrected chi connectivity index (χ2v) is 9.08. The minimum absolute atomic E-state index is 0.462. The van der Waals surface area contributed by atoms with Crippen LogP contribution in [0.3, 0.4) is 0 Å². The van der Waals surface area contributed by atoms with E-state index >= 15 is 0 Å². The van der Waals surface area contributed by atoms with Gasteiger partial charge in [-0.25, -0.2) is 0 Å². The molecule has 0 aliphatic heterocycles. The van der Waals surface area contributed by atoms with Crippen molar-refractivity contribution in [3.05, 3.63) is 0 Å². The van der Waals surface area contributed by atoms with E-state index in [1.54, 1.807) is 6.42 Å². The summed E-state index contributed by atoms with van der Waals surface area (Å²) < 4.78 is 0. The molecule has 3 fully saturated rings. The van der Waals surface area contributed by atoms with Crippen LogP contribution >= 0.6 is 0 Å². The highest BCUT2D eigenvalue weighted by molar-refractivity contribution is 4.95. The maximum atomic E-state index is 4.06. The molecule has 0 saturated heterocycles. The second kappa shape index (κ2) is 7.02. The maximum absolute atomic E-state index is 4.06. The lowest BCUT2D eigenvalue weighted by Crippen LogP contribution is -2.51. The van der Waals surface area contributed by atoms with Gasteiger partial charge in [-0.1, -0.05) is 51.9 Å². The van der Waals surface area contributed by atoms with Crippen molar-refractivity contribution in [1.82, 2.24) is 5.32 Å². The third-order valence-corrected chi connectivity index (χ3v) is 6.81. The summed E-state index contributed by atoms with van der Waals surface area (Å²) >= 11 is 0. The van der Waals surface area contributed by atoms with Crippen LogP contribution in [0.15, 0.2) is 0 Å². The van der Waals surface area contributed by atoms with Crippen molar-refractivity contribution in [2.45, 2.75) is 96.4 Å². The standard InChI is InChI=1S/C20H37N/c1-16-6-3-8-17(9-4-7-16)15-21-20(2)13-18-10-5-11-19(12-18)14-20/h16-19,21H,3-15H2,1-2H3. The first-order valence-corrected chi connectivity index (χ1v) is 9.88. The SMILES string of the molecule is CC1CCCC(CNC2(C)CC3CCCC(C3)C2)CCC1. The minimum Gasteiger partial charge on any atom is -0.311 e. The number of nitrogens with one attached hydrogen (secondary N) is 1. The molecule has 0 spiro atoms. The molecule has 2 bridgehead atoms. The molecule has 1 nitrogen and oxygen atoms in total. The van der Waals surface area contributed by atoms with Crippen molar-refractivity contribution in [2.24, 2.45) is 23.7 Å². The maximum Gasteiger partial charge on any atom is 0.0158 e. The van der Waals surface area contributed by atoms with Gasteiger partial charge in [0.15, 0.2) is 0 Å². The highest BCUT2D eigenvalue weighted by Crippen LogP contribution is 2.44. The molecule has 0 aromatic rings. The Morgan fingerprint density at radius 2 is 1.43 bits per heavy atom. The van der Waals surface area contributed by atoms with Crippen LogP contribution in [0.2, 0.25) is 0 Å². The molecule has 1 N–H and O–H groups in total. The van der Waals surface area contributed by atoms with E-state index in [9.17, 15) is 0 Å². The number of fused-ring (bicyclic) bond motifs is 2. The Bertz CT molecular complexity index is 302. The fraction of sp³-hybridized carbons (Fsp3) is 1.00. The van der Waals surface area contributed by atoms with E-state index in [1.165, 1.54) is 77.2 Å². The fourth-order valence-electron chi connectivity index (χ4n) is 5.67. The summed E-state index contributed by atoms with van der Waals surface area (Å²) in [7, 11) is 0. The van der Waals surface area contributed by atoms with Gasteiger partial charge in [0.2, 0.25) is 0 Å². The lowest BCUT2D eigenvalue weighted by Gasteiger charge is -2.46. The average molecular weight is 292 g/mol. The van der Waals surface area contributed by atoms with Crippen LogP contribution in [-0.4, -0.2) is 12.1 Å². The largest absolute Gasteiger partial charge is 0.311 e. The molecule has 2 atom stereocenters. The lowest BCUT2D eigenvalue weighted by molar-refractivity contribution is 0.0944. The van der Waals surface area contributed by atoms with Crippen LogP contribution in [0.25, 0.3) is 0 Å². The fourth-order valence-corrected chi connectivity index (χ4v) is 5.67. The molecule has 0 radical (unpaired) electrons. The molecule has 0 amide bonds. The van der Waals surface area contributed by atoms with Gasteiger partial charge in [-0.3, -0.25) is 0 Å². The Morgan fingerprint density at radius 3 is 2.05 bits per heavy atom. The van der Waals surface area contributed by atoms with E-state index in [0.29, 0.717) is 5.54 Å². The van der Waals surface area contributed by atoms with Gasteiger partial charge < -0.3 is 5.32 Å². The number of hydrogen-bond donors (Lipinski definition) is 1. The van der Waals surface area contributed by atoms with Gasteiger partial charge in [-0.2, -0.15) is 0 Å². The van der Waals surface area contributed by atoms with Crippen LogP contribution < -0.4 is 5.32 Å². The summed E-state index contributed by atoms with van der Waals surface area (Å²) in [5.41, 5.74) is 0.462. The predicted molar refractivity (Wildman–Crippen MR) is 91.4 cm³/mol. The van der Waals surface area contributed by atoms with Crippen LogP contribution in [0.5, 0.6) is 0 Å². The Morgan fingerprint density at radius 1 is 0.857 bits per heavy atom. The Hall–Kier alpha value is -0.0400. The van der Waals surface area contributed by atoms with E-state index < -0.39 is 0 Å². The van der Waals surface area contributed by atoms with Crippen molar-refractivity contribution in [3.63, 3.8) is 0 Å². The Balaban J connectivity index is 1.47. The first-order valence-electron chi connectivity index (χ1n) is 9.88. The zero-order valence-electron chi connectivity index (χ0n) is 14.5. The molecular formula is C20H37N. The number of hydrogen-bond acceptors (Lipinski definition) is 1. The highest BCUT2D eigenvalue weighted by Gasteiger charge is 2.38. The lowest BCUT2D eigenvalue weighted by atomic mass is 9.65. The zero-order chi connectivity index (χ0) is 14.7. The van der Waals surface area contributed by atoms with Crippen molar-refractivity contribution in [3.8, 4) is 0 Å². The molecule has 2 unspecified atom stereocenters. The van der Waals surface area contributed by atoms with Gasteiger partial charge in [0, 0.05) is 5.54 Å². The van der Waals surface area contributed by atoms with Crippen molar-refractivity contribution >= 4 is 0 Å². The van der Waals surface area contributed by atoms with E-state index in [4.69, 9.17) is 0 Å². The van der Waals surface area contributed by atoms with Crippen molar-refractivity contribution in [2.75, 3.05) is 6.54 Å². The first-order chi connectivity index (χ1) is 10.1. The number of rotatable bonds is 3. The van der Waals surface area contributed by atoms with E-state index in [-0.39, 0.29) is 0 Å². The molecular weight excluding hydrogens is 254 g/mol. The van der Waals surface area contributed by atoms with Gasteiger partial charge in [0.05, 0.1) is 0 Å². The molecule has 122 valence electrons. The highest BCUT2D eigenvalue weighted by atomic mass is 15.0. The van der Waals surface area contributed by atoms with E-state index in [0.717, 1.165) is 23.7 Å². The smallest absolute Gasteiger partial charge is 0.0158 e. The molecule has 21 heavy (non-hydrogen) atoms. The Labute approximate surface area is 132 Å². The molecule has 1 heteroatoms. The summed E-state index contributed by atoms with van der Waals surface area (Å²) in [5.74, 6) is 4.01. The molecule has 0 heterocycles. The molecule has 0 aromatic carbocycles. The second-order valence-electron chi connectivity index (χ2n) is 9.08. The van der Waals surface area contributed by atoms with Crippen LogP contribution in [0.4, 0.5) is 0 Å². The van der Waals surface area contributed by atoms with E-state index in [1.807, 2.05) is 0 Å². The van der Waals surface area contributed by atoms with Gasteiger partial charge in [-0.05, 0) is 69.2 Å². The normalized spacial score (nSPS) is 44.9. The summed E-state index contributed by atoms with van der Waals surface area (Å²) in [6.07, 6.45) is 17.8. The predicted octanol–water partition coefficient (Wildman–Crippen LogP) is 5.54. The van der Waals surface area contributed by atoms with Gasteiger partial charge >= 0.3 is 0 Å². The molecule has 3 aliphatic rings. The monoisotopic (exact) mass is 291 g/mol. The van der Waals surface area contributed by atoms with Gasteiger partial charge in [0.1, 0.15) is 0 Å².